The van der Waals surface area contributed by atoms with Gasteiger partial charge in [0.1, 0.15) is 28.6 Å². The van der Waals surface area contributed by atoms with Gasteiger partial charge in [-0.3, -0.25) is 19.4 Å². The molecule has 0 atom stereocenters. The van der Waals surface area contributed by atoms with Crippen LogP contribution < -0.4 is 36.7 Å². The van der Waals surface area contributed by atoms with Crippen molar-refractivity contribution in [2.24, 2.45) is 5.73 Å². The predicted molar refractivity (Wildman–Crippen MR) is 130 cm³/mol. The second-order valence-electron chi connectivity index (χ2n) is 6.57. The highest BCUT2D eigenvalue weighted by Crippen LogP contribution is 2.35. The first-order chi connectivity index (χ1) is 16.0. The van der Waals surface area contributed by atoms with Gasteiger partial charge in [0.05, 0.1) is 28.9 Å². The number of nitrogens with two attached hydrogens (primary N) is 1. The molecular formula is C23H21ClN4O5. The number of nitrogens with zero attached hydrogens (tertiary/aromatic N) is 1. The largest absolute Gasteiger partial charge is 0.496 e. The maximum absolute atomic E-state index is 11.8. The Kier molecular flexibility index (Phi) is 7.27. The molecule has 0 unspecified atom stereocenters. The van der Waals surface area contributed by atoms with Crippen LogP contribution in [0.5, 0.6) is 17.2 Å². The predicted octanol–water partition coefficient (Wildman–Crippen LogP) is 3.46. The first-order valence-corrected chi connectivity index (χ1v) is 10.1. The van der Waals surface area contributed by atoms with Gasteiger partial charge in [-0.15, -0.1) is 0 Å². The molecule has 0 bridgehead atoms. The van der Waals surface area contributed by atoms with Crippen LogP contribution in [0.1, 0.15) is 10.4 Å². The Labute approximate surface area is 193 Å². The molecule has 0 saturated heterocycles. The van der Waals surface area contributed by atoms with Crippen LogP contribution in [0.15, 0.2) is 52.2 Å². The van der Waals surface area contributed by atoms with Crippen molar-refractivity contribution in [1.82, 2.24) is 4.98 Å². The van der Waals surface area contributed by atoms with E-state index in [1.165, 1.54) is 14.2 Å². The van der Waals surface area contributed by atoms with E-state index in [4.69, 9.17) is 21.1 Å². The molecule has 0 aliphatic rings. The highest BCUT2D eigenvalue weighted by Gasteiger charge is 2.20. The minimum atomic E-state index is -0.606. The number of halogens is 1. The fourth-order valence-electron chi connectivity index (χ4n) is 3.19. The number of fused-ring (bicyclic) bond motifs is 1. The van der Waals surface area contributed by atoms with Gasteiger partial charge in [0.15, 0.2) is 6.29 Å². The fourth-order valence-corrected chi connectivity index (χ4v) is 3.41. The summed E-state index contributed by atoms with van der Waals surface area (Å²) in [5.74, 6) is 1.34. The zero-order chi connectivity index (χ0) is 24.1. The lowest BCUT2D eigenvalue weighted by molar-refractivity contribution is 0.112. The third kappa shape index (κ3) is 4.50. The number of benzene rings is 2. The van der Waals surface area contributed by atoms with Gasteiger partial charge in [0.2, 0.25) is 0 Å². The van der Waals surface area contributed by atoms with Gasteiger partial charge in [-0.1, -0.05) is 11.6 Å². The fraction of sp³-hybridized carbons (Fsp3) is 0.130. The number of nitrogens with one attached hydrogen (secondary N) is 2. The van der Waals surface area contributed by atoms with E-state index < -0.39 is 10.9 Å². The average Bonchev–Trinajstić information content (AvgIpc) is 2.85. The summed E-state index contributed by atoms with van der Waals surface area (Å²) in [6.45, 7) is 0. The Morgan fingerprint density at radius 2 is 1.76 bits per heavy atom. The van der Waals surface area contributed by atoms with Gasteiger partial charge < -0.3 is 25.8 Å². The van der Waals surface area contributed by atoms with Crippen molar-refractivity contribution in [3.8, 4) is 17.2 Å². The lowest BCUT2D eigenvalue weighted by Crippen LogP contribution is -2.35. The van der Waals surface area contributed by atoms with Crippen LogP contribution in [0.25, 0.3) is 10.9 Å². The third-order valence-corrected chi connectivity index (χ3v) is 5.08. The molecule has 0 aliphatic heterocycles. The van der Waals surface area contributed by atoms with Crippen molar-refractivity contribution >= 4 is 45.9 Å². The van der Waals surface area contributed by atoms with Crippen LogP contribution in [0, 0.1) is 0 Å². The molecule has 0 aliphatic carbocycles. The molecule has 0 radical (unpaired) electrons. The molecule has 1 aromatic heterocycles. The summed E-state index contributed by atoms with van der Waals surface area (Å²) < 4.78 is 11.2. The van der Waals surface area contributed by atoms with Gasteiger partial charge in [-0.05, 0) is 31.3 Å². The standard InChI is InChI=1S/C22H16ClN3O5.CH5N/c1-24-19-20(22(29)21(19)28)26-15-4-3-12(8-14(15)23)31-17-5-6-25-16-9-18(30-2)11(10-27)7-13(16)17;1-2/h3-10,24,26H,1-2H3;2H2,1H3. The molecular weight excluding hydrogens is 448 g/mol. The number of rotatable bonds is 7. The molecule has 1 heterocycles. The van der Waals surface area contributed by atoms with E-state index >= 15 is 0 Å². The van der Waals surface area contributed by atoms with Crippen LogP contribution in [0.4, 0.5) is 17.1 Å². The van der Waals surface area contributed by atoms with Gasteiger partial charge >= 0.3 is 0 Å². The van der Waals surface area contributed by atoms with E-state index in [2.05, 4.69) is 21.4 Å². The van der Waals surface area contributed by atoms with Crippen LogP contribution in [-0.2, 0) is 0 Å². The van der Waals surface area contributed by atoms with Crippen LogP contribution in [0.2, 0.25) is 5.02 Å². The summed E-state index contributed by atoms with van der Waals surface area (Å²) in [6.07, 6.45) is 2.28. The van der Waals surface area contributed by atoms with E-state index in [0.29, 0.717) is 50.7 Å². The summed E-state index contributed by atoms with van der Waals surface area (Å²) in [6, 6.07) is 9.85. The number of anilines is 3. The topological polar surface area (TPSA) is 133 Å². The van der Waals surface area contributed by atoms with Crippen molar-refractivity contribution < 1.29 is 14.3 Å². The number of pyridine rings is 1. The second kappa shape index (κ2) is 10.1. The maximum Gasteiger partial charge on any atom is 0.253 e. The molecule has 0 saturated carbocycles. The first-order valence-electron chi connectivity index (χ1n) is 9.72. The van der Waals surface area contributed by atoms with Gasteiger partial charge in [-0.25, -0.2) is 0 Å². The smallest absolute Gasteiger partial charge is 0.253 e. The minimum absolute atomic E-state index is 0.165. The SMILES string of the molecule is CN.CNc1c(Nc2ccc(Oc3ccnc4cc(OC)c(C=O)cc34)cc2Cl)c(=O)c1=O. The number of hydrogen-bond acceptors (Lipinski definition) is 9. The summed E-state index contributed by atoms with van der Waals surface area (Å²) in [7, 11) is 4.54. The highest BCUT2D eigenvalue weighted by atomic mass is 35.5. The summed E-state index contributed by atoms with van der Waals surface area (Å²) in [5.41, 5.74) is 5.12. The Hall–Kier alpha value is -3.95. The normalized spacial score (nSPS) is 10.3. The van der Waals surface area contributed by atoms with Crippen LogP contribution in [0.3, 0.4) is 0 Å². The van der Waals surface area contributed by atoms with E-state index in [1.54, 1.807) is 49.6 Å². The van der Waals surface area contributed by atoms with E-state index in [-0.39, 0.29) is 11.4 Å². The van der Waals surface area contributed by atoms with Crippen molar-refractivity contribution in [3.63, 3.8) is 0 Å². The number of methoxy groups -OCH3 is 1. The molecule has 0 spiro atoms. The molecule has 170 valence electrons. The third-order valence-electron chi connectivity index (χ3n) is 4.77. The van der Waals surface area contributed by atoms with E-state index in [1.807, 2.05) is 0 Å². The van der Waals surface area contributed by atoms with Gasteiger partial charge in [0.25, 0.3) is 10.9 Å². The molecule has 4 N–H and O–H groups in total. The van der Waals surface area contributed by atoms with Crippen LogP contribution in [-0.4, -0.2) is 32.5 Å². The van der Waals surface area contributed by atoms with Crippen molar-refractivity contribution in [2.75, 3.05) is 31.8 Å². The highest BCUT2D eigenvalue weighted by molar-refractivity contribution is 6.33. The summed E-state index contributed by atoms with van der Waals surface area (Å²) >= 11 is 6.34. The molecule has 9 nitrogen and oxygen atoms in total. The molecule has 33 heavy (non-hydrogen) atoms. The monoisotopic (exact) mass is 468 g/mol. The number of carbonyl (C=O) groups is 1. The van der Waals surface area contributed by atoms with Gasteiger partial charge in [-0.2, -0.15) is 0 Å². The summed E-state index contributed by atoms with van der Waals surface area (Å²) in [4.78, 5) is 39.0. The Bertz CT molecular complexity index is 1400. The molecule has 0 fully saturated rings. The van der Waals surface area contributed by atoms with Crippen molar-refractivity contribution in [2.45, 2.75) is 0 Å². The second-order valence-corrected chi connectivity index (χ2v) is 6.97. The summed E-state index contributed by atoms with van der Waals surface area (Å²) in [5, 5.41) is 6.49. The average molecular weight is 469 g/mol. The number of aldehydes is 1. The molecule has 10 heteroatoms. The molecule has 4 rings (SSSR count). The van der Waals surface area contributed by atoms with Crippen molar-refractivity contribution in [1.29, 1.82) is 0 Å². The quantitative estimate of drug-likeness (QED) is 0.275. The van der Waals surface area contributed by atoms with E-state index in [0.717, 1.165) is 0 Å². The number of carbonyl (C=O) groups excluding carboxylic acids is 1. The first kappa shape index (κ1) is 23.7. The molecule has 0 amide bonds. The number of hydrogen-bond donors (Lipinski definition) is 3. The Morgan fingerprint density at radius 3 is 2.39 bits per heavy atom. The van der Waals surface area contributed by atoms with Crippen LogP contribution >= 0.6 is 11.6 Å². The lowest BCUT2D eigenvalue weighted by atomic mass is 10.1. The lowest BCUT2D eigenvalue weighted by Gasteiger charge is -2.15. The minimum Gasteiger partial charge on any atom is -0.496 e. The number of aromatic nitrogens is 1. The van der Waals surface area contributed by atoms with E-state index in [9.17, 15) is 14.4 Å². The zero-order valence-corrected chi connectivity index (χ0v) is 18.8. The van der Waals surface area contributed by atoms with Gasteiger partial charge in [0, 0.05) is 30.8 Å². The molecule has 3 aromatic carbocycles. The Morgan fingerprint density at radius 1 is 1.03 bits per heavy atom. The van der Waals surface area contributed by atoms with Crippen molar-refractivity contribution in [3.05, 3.63) is 73.6 Å². The molecule has 4 aromatic rings. The Balaban J connectivity index is 0.00000149. The maximum atomic E-state index is 11.8. The zero-order valence-electron chi connectivity index (χ0n) is 18.1. The number of ether oxygens (including phenoxy) is 2.